The Morgan fingerprint density at radius 2 is 2.17 bits per heavy atom. The summed E-state index contributed by atoms with van der Waals surface area (Å²) in [6, 6.07) is 1.94. The van der Waals surface area contributed by atoms with Crippen molar-refractivity contribution in [2.75, 3.05) is 0 Å². The first-order valence-corrected chi connectivity index (χ1v) is 6.53. The Kier molecular flexibility index (Phi) is 4.28. The highest BCUT2D eigenvalue weighted by molar-refractivity contribution is 5.95. The molecule has 1 saturated carbocycles. The molecule has 1 aromatic heterocycles. The van der Waals surface area contributed by atoms with E-state index in [1.165, 1.54) is 6.42 Å². The minimum Gasteiger partial charge on any atom is -0.349 e. The van der Waals surface area contributed by atoms with Crippen LogP contribution >= 0.6 is 0 Å². The summed E-state index contributed by atoms with van der Waals surface area (Å²) in [5, 5.41) is 2.99. The number of rotatable bonds is 3. The molecule has 1 aliphatic rings. The zero-order valence-electron chi connectivity index (χ0n) is 10.7. The van der Waals surface area contributed by atoms with Crippen LogP contribution in [0.1, 0.15) is 53.7 Å². The van der Waals surface area contributed by atoms with Gasteiger partial charge in [-0.3, -0.25) is 9.78 Å². The fourth-order valence-electron chi connectivity index (χ4n) is 2.41. The number of halogens is 1. The van der Waals surface area contributed by atoms with Crippen molar-refractivity contribution in [3.8, 4) is 0 Å². The van der Waals surface area contributed by atoms with Gasteiger partial charge in [0.15, 0.2) is 0 Å². The predicted octanol–water partition coefficient (Wildman–Crippen LogP) is 2.92. The molecule has 1 heterocycles. The molecular formula is C14H19FN2O. The van der Waals surface area contributed by atoms with Crippen LogP contribution in [-0.4, -0.2) is 16.9 Å². The lowest BCUT2D eigenvalue weighted by atomic mass is 9.95. The molecule has 0 unspecified atom stereocenters. The number of hydrogen-bond donors (Lipinski definition) is 1. The topological polar surface area (TPSA) is 42.0 Å². The van der Waals surface area contributed by atoms with Gasteiger partial charge in [0.05, 0.1) is 11.3 Å². The van der Waals surface area contributed by atoms with Crippen molar-refractivity contribution in [1.29, 1.82) is 0 Å². The molecule has 98 valence electrons. The highest BCUT2D eigenvalue weighted by atomic mass is 19.1. The maximum atomic E-state index is 12.8. The van der Waals surface area contributed by atoms with Crippen molar-refractivity contribution in [2.24, 2.45) is 0 Å². The van der Waals surface area contributed by atoms with Crippen LogP contribution in [0.25, 0.3) is 0 Å². The van der Waals surface area contributed by atoms with Crippen molar-refractivity contribution >= 4 is 5.91 Å². The van der Waals surface area contributed by atoms with Crippen molar-refractivity contribution in [1.82, 2.24) is 10.3 Å². The number of pyridine rings is 1. The summed E-state index contributed by atoms with van der Waals surface area (Å²) >= 11 is 0. The minimum atomic E-state index is -0.701. The quantitative estimate of drug-likeness (QED) is 0.896. The second-order valence-corrected chi connectivity index (χ2v) is 4.95. The van der Waals surface area contributed by atoms with Gasteiger partial charge < -0.3 is 5.32 Å². The first-order chi connectivity index (χ1) is 8.70. The van der Waals surface area contributed by atoms with Crippen molar-refractivity contribution in [2.45, 2.75) is 51.7 Å². The maximum absolute atomic E-state index is 12.8. The molecule has 0 aromatic carbocycles. The van der Waals surface area contributed by atoms with Gasteiger partial charge in [0, 0.05) is 12.2 Å². The molecular weight excluding hydrogens is 231 g/mol. The Hall–Kier alpha value is -1.45. The van der Waals surface area contributed by atoms with Gasteiger partial charge in [0.1, 0.15) is 6.67 Å². The third-order valence-electron chi connectivity index (χ3n) is 3.42. The van der Waals surface area contributed by atoms with Crippen LogP contribution < -0.4 is 5.32 Å². The molecule has 1 aromatic rings. The molecule has 0 aliphatic heterocycles. The molecule has 4 heteroatoms. The van der Waals surface area contributed by atoms with E-state index in [1.807, 2.05) is 6.92 Å². The van der Waals surface area contributed by atoms with Gasteiger partial charge in [-0.1, -0.05) is 19.3 Å². The van der Waals surface area contributed by atoms with E-state index >= 15 is 0 Å². The Bertz CT molecular complexity index is 428. The Morgan fingerprint density at radius 3 is 2.83 bits per heavy atom. The first-order valence-electron chi connectivity index (χ1n) is 6.53. The zero-order chi connectivity index (χ0) is 13.0. The van der Waals surface area contributed by atoms with Crippen LogP contribution in [0.2, 0.25) is 0 Å². The molecule has 1 aliphatic carbocycles. The summed E-state index contributed by atoms with van der Waals surface area (Å²) < 4.78 is 12.8. The van der Waals surface area contributed by atoms with Gasteiger partial charge in [-0.2, -0.15) is 0 Å². The molecule has 18 heavy (non-hydrogen) atoms. The number of aromatic nitrogens is 1. The molecule has 1 fully saturated rings. The van der Waals surface area contributed by atoms with Gasteiger partial charge in [-0.25, -0.2) is 4.39 Å². The van der Waals surface area contributed by atoms with Crippen molar-refractivity contribution in [3.63, 3.8) is 0 Å². The van der Waals surface area contributed by atoms with E-state index < -0.39 is 6.67 Å². The number of nitrogens with one attached hydrogen (secondary N) is 1. The number of carbonyl (C=O) groups is 1. The van der Waals surface area contributed by atoms with Crippen LogP contribution in [-0.2, 0) is 6.67 Å². The molecule has 3 nitrogen and oxygen atoms in total. The SMILES string of the molecule is Cc1cnc(CF)c(C(=O)NC2CCCCC2)c1. The number of hydrogen-bond acceptors (Lipinski definition) is 2. The van der Waals surface area contributed by atoms with E-state index in [4.69, 9.17) is 0 Å². The fraction of sp³-hybridized carbons (Fsp3) is 0.571. The molecule has 1 N–H and O–H groups in total. The predicted molar refractivity (Wildman–Crippen MR) is 68.1 cm³/mol. The number of aryl methyl sites for hydroxylation is 1. The van der Waals surface area contributed by atoms with E-state index in [0.29, 0.717) is 5.56 Å². The molecule has 0 spiro atoms. The third-order valence-corrected chi connectivity index (χ3v) is 3.42. The molecule has 0 atom stereocenters. The Balaban J connectivity index is 2.09. The van der Waals surface area contributed by atoms with Gasteiger partial charge in [0.2, 0.25) is 0 Å². The Labute approximate surface area is 107 Å². The highest BCUT2D eigenvalue weighted by Gasteiger charge is 2.19. The molecule has 1 amide bonds. The molecule has 2 rings (SSSR count). The summed E-state index contributed by atoms with van der Waals surface area (Å²) in [4.78, 5) is 16.1. The lowest BCUT2D eigenvalue weighted by Gasteiger charge is -2.23. The van der Waals surface area contributed by atoms with E-state index in [-0.39, 0.29) is 17.6 Å². The first kappa shape index (κ1) is 13.0. The largest absolute Gasteiger partial charge is 0.349 e. The summed E-state index contributed by atoms with van der Waals surface area (Å²) in [5.74, 6) is -0.189. The molecule has 0 radical (unpaired) electrons. The zero-order valence-corrected chi connectivity index (χ0v) is 10.7. The van der Waals surface area contributed by atoms with Crippen molar-refractivity contribution < 1.29 is 9.18 Å². The standard InChI is InChI=1S/C14H19FN2O/c1-10-7-12(13(8-15)16-9-10)14(18)17-11-5-3-2-4-6-11/h7,9,11H,2-6,8H2,1H3,(H,17,18). The average Bonchev–Trinajstić information content (AvgIpc) is 2.40. The molecule has 0 saturated heterocycles. The lowest BCUT2D eigenvalue weighted by Crippen LogP contribution is -2.36. The maximum Gasteiger partial charge on any atom is 0.253 e. The van der Waals surface area contributed by atoms with E-state index in [9.17, 15) is 9.18 Å². The second kappa shape index (κ2) is 5.94. The van der Waals surface area contributed by atoms with Crippen LogP contribution in [0, 0.1) is 6.92 Å². The van der Waals surface area contributed by atoms with Crippen LogP contribution in [0.15, 0.2) is 12.3 Å². The summed E-state index contributed by atoms with van der Waals surface area (Å²) in [6.45, 7) is 1.15. The number of alkyl halides is 1. The summed E-state index contributed by atoms with van der Waals surface area (Å²) in [6.07, 6.45) is 7.20. The van der Waals surface area contributed by atoms with Gasteiger partial charge in [-0.15, -0.1) is 0 Å². The monoisotopic (exact) mass is 250 g/mol. The van der Waals surface area contributed by atoms with Crippen LogP contribution in [0.5, 0.6) is 0 Å². The van der Waals surface area contributed by atoms with Crippen molar-refractivity contribution in [3.05, 3.63) is 29.1 Å². The number of amides is 1. The second-order valence-electron chi connectivity index (χ2n) is 4.95. The lowest BCUT2D eigenvalue weighted by molar-refractivity contribution is 0.0925. The van der Waals surface area contributed by atoms with E-state index in [2.05, 4.69) is 10.3 Å². The number of carbonyl (C=O) groups excluding carboxylic acids is 1. The van der Waals surface area contributed by atoms with E-state index in [0.717, 1.165) is 31.2 Å². The minimum absolute atomic E-state index is 0.189. The average molecular weight is 250 g/mol. The van der Waals surface area contributed by atoms with Crippen LogP contribution in [0.4, 0.5) is 4.39 Å². The van der Waals surface area contributed by atoms with E-state index in [1.54, 1.807) is 12.3 Å². The smallest absolute Gasteiger partial charge is 0.253 e. The third kappa shape index (κ3) is 3.06. The fourth-order valence-corrected chi connectivity index (χ4v) is 2.41. The molecule has 0 bridgehead atoms. The van der Waals surface area contributed by atoms with Gasteiger partial charge >= 0.3 is 0 Å². The van der Waals surface area contributed by atoms with Gasteiger partial charge in [0.25, 0.3) is 5.91 Å². The summed E-state index contributed by atoms with van der Waals surface area (Å²) in [7, 11) is 0. The Morgan fingerprint density at radius 1 is 1.44 bits per heavy atom. The summed E-state index contributed by atoms with van der Waals surface area (Å²) in [5.41, 5.74) is 1.48. The van der Waals surface area contributed by atoms with Gasteiger partial charge in [-0.05, 0) is 31.4 Å². The number of nitrogens with zero attached hydrogens (tertiary/aromatic N) is 1. The highest BCUT2D eigenvalue weighted by Crippen LogP contribution is 2.18. The normalized spacial score (nSPS) is 16.6. The van der Waals surface area contributed by atoms with Crippen LogP contribution in [0.3, 0.4) is 0 Å².